The number of nitrogens with one attached hydrogen (secondary N) is 1. The molecule has 1 aliphatic carbocycles. The van der Waals surface area contributed by atoms with E-state index in [9.17, 15) is 9.59 Å². The first kappa shape index (κ1) is 14.5. The van der Waals surface area contributed by atoms with E-state index >= 15 is 0 Å². The van der Waals surface area contributed by atoms with Gasteiger partial charge >= 0.3 is 6.09 Å². The second kappa shape index (κ2) is 5.38. The van der Waals surface area contributed by atoms with Crippen LogP contribution in [0.2, 0.25) is 0 Å². The molecule has 0 aromatic rings. The van der Waals surface area contributed by atoms with Gasteiger partial charge in [-0.25, -0.2) is 4.79 Å². The molecule has 98 valence electrons. The van der Waals surface area contributed by atoms with E-state index in [1.54, 1.807) is 0 Å². The largest absolute Gasteiger partial charge is 0.444 e. The van der Waals surface area contributed by atoms with Crippen LogP contribution in [0.4, 0.5) is 4.79 Å². The Bertz CT molecular complexity index is 305. The van der Waals surface area contributed by atoms with Crippen molar-refractivity contribution in [1.82, 2.24) is 5.32 Å². The maximum atomic E-state index is 11.7. The molecule has 0 aliphatic heterocycles. The molecule has 0 aromatic carbocycles. The first-order valence-corrected chi connectivity index (χ1v) is 6.97. The highest BCUT2D eigenvalue weighted by atomic mass is 79.9. The number of halogens is 1. The number of carbonyl (C=O) groups excluding carboxylic acids is 2. The molecule has 1 rings (SSSR count). The van der Waals surface area contributed by atoms with Crippen LogP contribution in [0.25, 0.3) is 0 Å². The van der Waals surface area contributed by atoms with Crippen molar-refractivity contribution >= 4 is 27.8 Å². The Hall–Kier alpha value is -0.580. The van der Waals surface area contributed by atoms with Crippen LogP contribution in [-0.2, 0) is 9.53 Å². The predicted molar refractivity (Wildman–Crippen MR) is 69.4 cm³/mol. The number of alkyl carbamates (subject to hydrolysis) is 1. The standard InChI is InChI=1S/C12H20BrNO3/c1-11(2,3)17-10(16)14-12(5-4-6-12)7-9(15)8-13/h4-8H2,1-3H3,(H,14,16). The normalized spacial score (nSPS) is 18.1. The third kappa shape index (κ3) is 4.66. The number of rotatable bonds is 4. The van der Waals surface area contributed by atoms with Gasteiger partial charge in [0.05, 0.1) is 10.9 Å². The van der Waals surface area contributed by atoms with Gasteiger partial charge in [-0.1, -0.05) is 15.9 Å². The average Bonchev–Trinajstić information content (AvgIpc) is 2.10. The average molecular weight is 306 g/mol. The summed E-state index contributed by atoms with van der Waals surface area (Å²) < 4.78 is 5.21. The van der Waals surface area contributed by atoms with Crippen molar-refractivity contribution < 1.29 is 14.3 Å². The summed E-state index contributed by atoms with van der Waals surface area (Å²) in [4.78, 5) is 23.1. The maximum absolute atomic E-state index is 11.7. The van der Waals surface area contributed by atoms with Gasteiger partial charge in [0.25, 0.3) is 0 Å². The van der Waals surface area contributed by atoms with Gasteiger partial charge in [0.2, 0.25) is 0 Å². The summed E-state index contributed by atoms with van der Waals surface area (Å²) in [6, 6.07) is 0. The van der Waals surface area contributed by atoms with Crippen LogP contribution in [0.5, 0.6) is 0 Å². The summed E-state index contributed by atoms with van der Waals surface area (Å²) in [5.41, 5.74) is -0.873. The number of Topliss-reactive ketones (excluding diaryl/α,β-unsaturated/α-hetero) is 1. The molecule has 1 amide bonds. The number of alkyl halides is 1. The fourth-order valence-corrected chi connectivity index (χ4v) is 2.09. The first-order chi connectivity index (χ1) is 7.76. The Morgan fingerprint density at radius 2 is 1.94 bits per heavy atom. The van der Waals surface area contributed by atoms with Crippen LogP contribution in [-0.4, -0.2) is 28.3 Å². The molecule has 0 unspecified atom stereocenters. The predicted octanol–water partition coefficient (Wildman–Crippen LogP) is 2.79. The molecule has 1 aliphatic rings. The summed E-state index contributed by atoms with van der Waals surface area (Å²) >= 11 is 3.14. The lowest BCUT2D eigenvalue weighted by atomic mass is 9.73. The van der Waals surface area contributed by atoms with E-state index in [1.165, 1.54) is 0 Å². The van der Waals surface area contributed by atoms with Gasteiger partial charge in [-0.2, -0.15) is 0 Å². The Morgan fingerprint density at radius 1 is 1.35 bits per heavy atom. The minimum atomic E-state index is -0.506. The van der Waals surface area contributed by atoms with E-state index in [0.717, 1.165) is 19.3 Å². The quantitative estimate of drug-likeness (QED) is 0.813. The van der Waals surface area contributed by atoms with Gasteiger partial charge in [-0.15, -0.1) is 0 Å². The molecule has 0 saturated heterocycles. The summed E-state index contributed by atoms with van der Waals surface area (Å²) in [5.74, 6) is 0.112. The van der Waals surface area contributed by atoms with Gasteiger partial charge < -0.3 is 10.1 Å². The molecule has 17 heavy (non-hydrogen) atoms. The minimum Gasteiger partial charge on any atom is -0.444 e. The fourth-order valence-electron chi connectivity index (χ4n) is 1.89. The van der Waals surface area contributed by atoms with Crippen molar-refractivity contribution in [2.75, 3.05) is 5.33 Å². The lowest BCUT2D eigenvalue weighted by Crippen LogP contribution is -2.55. The summed E-state index contributed by atoms with van der Waals surface area (Å²) in [6.45, 7) is 5.47. The van der Waals surface area contributed by atoms with Crippen LogP contribution < -0.4 is 5.32 Å². The third-order valence-electron chi connectivity index (χ3n) is 2.76. The number of ether oxygens (including phenoxy) is 1. The molecule has 1 saturated carbocycles. The lowest BCUT2D eigenvalue weighted by Gasteiger charge is -2.42. The molecule has 1 N–H and O–H groups in total. The van der Waals surface area contributed by atoms with E-state index in [1.807, 2.05) is 20.8 Å². The second-order valence-electron chi connectivity index (χ2n) is 5.61. The molecule has 0 aromatic heterocycles. The van der Waals surface area contributed by atoms with Crippen molar-refractivity contribution in [2.24, 2.45) is 0 Å². The summed E-state index contributed by atoms with van der Waals surface area (Å²) in [6.07, 6.45) is 2.71. The monoisotopic (exact) mass is 305 g/mol. The molecule has 0 spiro atoms. The van der Waals surface area contributed by atoms with Crippen molar-refractivity contribution in [3.63, 3.8) is 0 Å². The number of hydrogen-bond acceptors (Lipinski definition) is 3. The van der Waals surface area contributed by atoms with Crippen LogP contribution in [0, 0.1) is 0 Å². The zero-order chi connectivity index (χ0) is 13.1. The van der Waals surface area contributed by atoms with E-state index in [2.05, 4.69) is 21.2 Å². The lowest BCUT2D eigenvalue weighted by molar-refractivity contribution is -0.118. The smallest absolute Gasteiger partial charge is 0.408 e. The van der Waals surface area contributed by atoms with Gasteiger partial charge in [-0.3, -0.25) is 4.79 Å². The Kier molecular flexibility index (Phi) is 4.58. The van der Waals surface area contributed by atoms with Crippen LogP contribution in [0.1, 0.15) is 46.5 Å². The molecular weight excluding hydrogens is 286 g/mol. The highest BCUT2D eigenvalue weighted by Crippen LogP contribution is 2.35. The zero-order valence-electron chi connectivity index (χ0n) is 10.6. The van der Waals surface area contributed by atoms with E-state index < -0.39 is 11.7 Å². The van der Waals surface area contributed by atoms with Crippen molar-refractivity contribution in [3.05, 3.63) is 0 Å². The Labute approximate surface area is 111 Å². The minimum absolute atomic E-state index is 0.112. The van der Waals surface area contributed by atoms with Crippen molar-refractivity contribution in [1.29, 1.82) is 0 Å². The molecule has 0 atom stereocenters. The SMILES string of the molecule is CC(C)(C)OC(=O)NC1(CC(=O)CBr)CCC1. The van der Waals surface area contributed by atoms with Crippen molar-refractivity contribution in [3.8, 4) is 0 Å². The van der Waals surface area contributed by atoms with Crippen LogP contribution >= 0.6 is 15.9 Å². The molecule has 1 fully saturated rings. The fraction of sp³-hybridized carbons (Fsp3) is 0.833. The molecule has 0 heterocycles. The van der Waals surface area contributed by atoms with Gasteiger partial charge in [0, 0.05) is 6.42 Å². The number of amides is 1. The number of carbonyl (C=O) groups is 2. The third-order valence-corrected chi connectivity index (χ3v) is 3.39. The zero-order valence-corrected chi connectivity index (χ0v) is 12.2. The molecule has 5 heteroatoms. The molecular formula is C12H20BrNO3. The molecule has 0 bridgehead atoms. The van der Waals surface area contributed by atoms with Gasteiger partial charge in [-0.05, 0) is 40.0 Å². The van der Waals surface area contributed by atoms with Gasteiger partial charge in [0.15, 0.2) is 0 Å². The maximum Gasteiger partial charge on any atom is 0.408 e. The van der Waals surface area contributed by atoms with Crippen LogP contribution in [0.3, 0.4) is 0 Å². The highest BCUT2D eigenvalue weighted by Gasteiger charge is 2.40. The van der Waals surface area contributed by atoms with Crippen molar-refractivity contribution in [2.45, 2.75) is 57.6 Å². The van der Waals surface area contributed by atoms with E-state index in [0.29, 0.717) is 11.8 Å². The molecule has 0 radical (unpaired) electrons. The highest BCUT2D eigenvalue weighted by molar-refractivity contribution is 9.09. The Morgan fingerprint density at radius 3 is 2.29 bits per heavy atom. The number of ketones is 1. The van der Waals surface area contributed by atoms with E-state index in [-0.39, 0.29) is 11.3 Å². The second-order valence-corrected chi connectivity index (χ2v) is 6.17. The number of hydrogen-bond donors (Lipinski definition) is 1. The first-order valence-electron chi connectivity index (χ1n) is 5.85. The van der Waals surface area contributed by atoms with Gasteiger partial charge in [0.1, 0.15) is 11.4 Å². The summed E-state index contributed by atoms with van der Waals surface area (Å²) in [7, 11) is 0. The molecule has 4 nitrogen and oxygen atoms in total. The topological polar surface area (TPSA) is 55.4 Å². The summed E-state index contributed by atoms with van der Waals surface area (Å²) in [5, 5.41) is 3.19. The van der Waals surface area contributed by atoms with Crippen LogP contribution in [0.15, 0.2) is 0 Å². The Balaban J connectivity index is 2.52. The van der Waals surface area contributed by atoms with E-state index in [4.69, 9.17) is 4.74 Å².